The Balaban J connectivity index is 2.15. The van der Waals surface area contributed by atoms with Crippen molar-refractivity contribution in [2.24, 2.45) is 0 Å². The Morgan fingerprint density at radius 3 is 2.53 bits per heavy atom. The van der Waals surface area contributed by atoms with Crippen molar-refractivity contribution in [3.05, 3.63) is 48.0 Å². The van der Waals surface area contributed by atoms with Crippen LogP contribution in [0.3, 0.4) is 0 Å². The van der Waals surface area contributed by atoms with E-state index >= 15 is 0 Å². The maximum Gasteiger partial charge on any atom is 0.0594 e. The minimum Gasteiger partial charge on any atom is -0.379 e. The van der Waals surface area contributed by atoms with Crippen LogP contribution in [0.1, 0.15) is 24.9 Å². The summed E-state index contributed by atoms with van der Waals surface area (Å²) in [6, 6.07) is 11.2. The molecule has 1 unspecified atom stereocenters. The lowest BCUT2D eigenvalue weighted by molar-refractivity contribution is 0.0161. The molecule has 1 saturated heterocycles. The second-order valence-corrected chi connectivity index (χ2v) is 4.74. The summed E-state index contributed by atoms with van der Waals surface area (Å²) in [7, 11) is 0. The Morgan fingerprint density at radius 1 is 1.29 bits per heavy atom. The molecule has 1 fully saturated rings. The van der Waals surface area contributed by atoms with Crippen LogP contribution >= 0.6 is 0 Å². The summed E-state index contributed by atoms with van der Waals surface area (Å²) in [5, 5.41) is 0. The van der Waals surface area contributed by atoms with Gasteiger partial charge in [0, 0.05) is 19.1 Å². The van der Waals surface area contributed by atoms with Gasteiger partial charge in [0.1, 0.15) is 0 Å². The number of rotatable bonds is 4. The lowest BCUT2D eigenvalue weighted by atomic mass is 9.98. The van der Waals surface area contributed by atoms with Gasteiger partial charge in [-0.3, -0.25) is 4.90 Å². The summed E-state index contributed by atoms with van der Waals surface area (Å²) in [5.41, 5.74) is 2.63. The lowest BCUT2D eigenvalue weighted by Crippen LogP contribution is -2.39. The van der Waals surface area contributed by atoms with E-state index in [0.29, 0.717) is 6.04 Å². The van der Waals surface area contributed by atoms with Crippen LogP contribution in [0.5, 0.6) is 0 Å². The number of nitrogens with zero attached hydrogens (tertiary/aromatic N) is 1. The fraction of sp³-hybridized carbons (Fsp3) is 0.467. The number of ether oxygens (including phenoxy) is 1. The molecule has 2 nitrogen and oxygen atoms in total. The van der Waals surface area contributed by atoms with Gasteiger partial charge in [0.2, 0.25) is 0 Å². The topological polar surface area (TPSA) is 12.5 Å². The zero-order valence-electron chi connectivity index (χ0n) is 10.6. The first-order valence-corrected chi connectivity index (χ1v) is 6.28. The molecule has 1 aromatic rings. The zero-order valence-corrected chi connectivity index (χ0v) is 10.6. The Hall–Kier alpha value is -1.12. The summed E-state index contributed by atoms with van der Waals surface area (Å²) in [5.74, 6) is 0. The molecule has 1 heterocycles. The quantitative estimate of drug-likeness (QED) is 0.739. The highest BCUT2D eigenvalue weighted by Crippen LogP contribution is 2.27. The number of hydrogen-bond donors (Lipinski definition) is 0. The predicted octanol–water partition coefficient (Wildman–Crippen LogP) is 3.03. The third-order valence-corrected chi connectivity index (χ3v) is 3.21. The van der Waals surface area contributed by atoms with Crippen LogP contribution in [0.15, 0.2) is 42.5 Å². The first kappa shape index (κ1) is 12.3. The standard InChI is InChI=1S/C15H21NO/c1-13(2)12-15(14-6-4-3-5-7-14)16-8-10-17-11-9-16/h3-7,15H,1,8-12H2,2H3. The molecule has 17 heavy (non-hydrogen) atoms. The van der Waals surface area contributed by atoms with Gasteiger partial charge < -0.3 is 4.74 Å². The Kier molecular flexibility index (Phi) is 4.35. The van der Waals surface area contributed by atoms with E-state index in [0.717, 1.165) is 32.7 Å². The van der Waals surface area contributed by atoms with Gasteiger partial charge in [-0.1, -0.05) is 35.9 Å². The van der Waals surface area contributed by atoms with Crippen molar-refractivity contribution >= 4 is 0 Å². The van der Waals surface area contributed by atoms with Crippen LogP contribution < -0.4 is 0 Å². The fourth-order valence-electron chi connectivity index (χ4n) is 2.35. The molecule has 0 saturated carbocycles. The van der Waals surface area contributed by atoms with Crippen LogP contribution in [-0.4, -0.2) is 31.2 Å². The summed E-state index contributed by atoms with van der Waals surface area (Å²) in [6.07, 6.45) is 1.03. The van der Waals surface area contributed by atoms with E-state index < -0.39 is 0 Å². The normalized spacial score (nSPS) is 18.9. The fourth-order valence-corrected chi connectivity index (χ4v) is 2.35. The predicted molar refractivity (Wildman–Crippen MR) is 71.0 cm³/mol. The summed E-state index contributed by atoms with van der Waals surface area (Å²) >= 11 is 0. The van der Waals surface area contributed by atoms with Gasteiger partial charge in [-0.25, -0.2) is 0 Å². The van der Waals surface area contributed by atoms with E-state index in [1.807, 2.05) is 0 Å². The van der Waals surface area contributed by atoms with Crippen LogP contribution in [0.25, 0.3) is 0 Å². The zero-order chi connectivity index (χ0) is 12.1. The van der Waals surface area contributed by atoms with Crippen LogP contribution in [0.4, 0.5) is 0 Å². The molecule has 0 spiro atoms. The molecule has 1 aliphatic rings. The average Bonchev–Trinajstić information content (AvgIpc) is 2.38. The molecule has 0 bridgehead atoms. The van der Waals surface area contributed by atoms with Gasteiger partial charge in [0.15, 0.2) is 0 Å². The average molecular weight is 231 g/mol. The molecule has 0 aromatic heterocycles. The maximum absolute atomic E-state index is 5.43. The highest BCUT2D eigenvalue weighted by atomic mass is 16.5. The van der Waals surface area contributed by atoms with Crippen molar-refractivity contribution in [2.45, 2.75) is 19.4 Å². The second kappa shape index (κ2) is 5.99. The number of morpholine rings is 1. The first-order valence-electron chi connectivity index (χ1n) is 6.28. The van der Waals surface area contributed by atoms with Gasteiger partial charge in [-0.05, 0) is 18.9 Å². The van der Waals surface area contributed by atoms with E-state index in [2.05, 4.69) is 48.7 Å². The van der Waals surface area contributed by atoms with Crippen molar-refractivity contribution in [3.8, 4) is 0 Å². The van der Waals surface area contributed by atoms with Crippen LogP contribution in [0, 0.1) is 0 Å². The molecule has 0 N–H and O–H groups in total. The molecular formula is C15H21NO. The van der Waals surface area contributed by atoms with Crippen molar-refractivity contribution < 1.29 is 4.74 Å². The largest absolute Gasteiger partial charge is 0.379 e. The Bertz CT molecular complexity index is 354. The minimum atomic E-state index is 0.456. The molecule has 2 heteroatoms. The molecule has 1 aliphatic heterocycles. The molecule has 92 valence electrons. The first-order chi connectivity index (χ1) is 8.27. The maximum atomic E-state index is 5.43. The molecule has 0 amide bonds. The van der Waals surface area contributed by atoms with Crippen LogP contribution in [-0.2, 0) is 4.74 Å². The molecule has 1 atom stereocenters. The van der Waals surface area contributed by atoms with E-state index in [1.165, 1.54) is 11.1 Å². The summed E-state index contributed by atoms with van der Waals surface area (Å²) in [4.78, 5) is 2.51. The molecule has 2 rings (SSSR count). The van der Waals surface area contributed by atoms with Crippen molar-refractivity contribution in [3.63, 3.8) is 0 Å². The van der Waals surface area contributed by atoms with E-state index in [-0.39, 0.29) is 0 Å². The number of hydrogen-bond acceptors (Lipinski definition) is 2. The van der Waals surface area contributed by atoms with Gasteiger partial charge >= 0.3 is 0 Å². The van der Waals surface area contributed by atoms with Crippen molar-refractivity contribution in [1.29, 1.82) is 0 Å². The summed E-state index contributed by atoms with van der Waals surface area (Å²) < 4.78 is 5.43. The van der Waals surface area contributed by atoms with E-state index in [1.54, 1.807) is 0 Å². The van der Waals surface area contributed by atoms with Crippen LogP contribution in [0.2, 0.25) is 0 Å². The van der Waals surface area contributed by atoms with Gasteiger partial charge in [-0.2, -0.15) is 0 Å². The smallest absolute Gasteiger partial charge is 0.0594 e. The molecule has 0 aliphatic carbocycles. The third-order valence-electron chi connectivity index (χ3n) is 3.21. The lowest BCUT2D eigenvalue weighted by Gasteiger charge is -2.35. The highest BCUT2D eigenvalue weighted by molar-refractivity contribution is 5.20. The van der Waals surface area contributed by atoms with E-state index in [4.69, 9.17) is 4.74 Å². The Labute approximate surface area is 104 Å². The van der Waals surface area contributed by atoms with E-state index in [9.17, 15) is 0 Å². The molecular weight excluding hydrogens is 210 g/mol. The van der Waals surface area contributed by atoms with Crippen molar-refractivity contribution in [1.82, 2.24) is 4.90 Å². The Morgan fingerprint density at radius 2 is 1.94 bits per heavy atom. The summed E-state index contributed by atoms with van der Waals surface area (Å²) in [6.45, 7) is 9.90. The van der Waals surface area contributed by atoms with Gasteiger partial charge in [0.05, 0.1) is 13.2 Å². The molecule has 0 radical (unpaired) electrons. The number of benzene rings is 1. The second-order valence-electron chi connectivity index (χ2n) is 4.74. The van der Waals surface area contributed by atoms with Gasteiger partial charge in [0.25, 0.3) is 0 Å². The monoisotopic (exact) mass is 231 g/mol. The molecule has 1 aromatic carbocycles. The van der Waals surface area contributed by atoms with Crippen molar-refractivity contribution in [2.75, 3.05) is 26.3 Å². The minimum absolute atomic E-state index is 0.456. The van der Waals surface area contributed by atoms with Gasteiger partial charge in [-0.15, -0.1) is 6.58 Å². The highest BCUT2D eigenvalue weighted by Gasteiger charge is 2.22. The SMILES string of the molecule is C=C(C)CC(c1ccccc1)N1CCOCC1. The third kappa shape index (κ3) is 3.42.